The molecule has 0 fully saturated rings. The fraction of sp³-hybridized carbons (Fsp3) is 0.444. The molecule has 3 heterocycles. The minimum atomic E-state index is -0.194. The molecule has 0 atom stereocenters. The van der Waals surface area contributed by atoms with Crippen LogP contribution < -0.4 is 10.1 Å². The third kappa shape index (κ3) is 4.17. The molecule has 33 heavy (non-hydrogen) atoms. The van der Waals surface area contributed by atoms with E-state index in [4.69, 9.17) is 4.74 Å². The lowest BCUT2D eigenvalue weighted by Crippen LogP contribution is -2.45. The summed E-state index contributed by atoms with van der Waals surface area (Å²) in [6.07, 6.45) is 4.09. The highest BCUT2D eigenvalue weighted by molar-refractivity contribution is 7.13. The Balaban J connectivity index is 1.86. The van der Waals surface area contributed by atoms with Gasteiger partial charge in [0.1, 0.15) is 11.4 Å². The largest absolute Gasteiger partial charge is 0.495 e. The van der Waals surface area contributed by atoms with Gasteiger partial charge in [0.25, 0.3) is 5.91 Å². The molecule has 0 aliphatic carbocycles. The number of amides is 1. The number of benzene rings is 1. The van der Waals surface area contributed by atoms with Gasteiger partial charge in [-0.05, 0) is 61.9 Å². The van der Waals surface area contributed by atoms with Gasteiger partial charge in [0.05, 0.1) is 18.5 Å². The minimum absolute atomic E-state index is 0.0889. The second-order valence-electron chi connectivity index (χ2n) is 9.41. The second-order valence-corrected chi connectivity index (χ2v) is 10.4. The van der Waals surface area contributed by atoms with E-state index in [1.54, 1.807) is 18.4 Å². The first-order valence-corrected chi connectivity index (χ1v) is 12.6. The SMILES string of the molecule is CCCCC(C)(C)N(C)C(=O)c1cc(-c2cccs2)c2n1CCc1cc(OC)c(NC)cc1-2. The Bertz CT molecular complexity index is 1140. The van der Waals surface area contributed by atoms with Crippen molar-refractivity contribution in [3.63, 3.8) is 0 Å². The number of aromatic nitrogens is 1. The number of carbonyl (C=O) groups is 1. The van der Waals surface area contributed by atoms with Crippen LogP contribution in [0.2, 0.25) is 0 Å². The molecule has 1 N–H and O–H groups in total. The maximum Gasteiger partial charge on any atom is 0.270 e. The molecule has 1 aromatic carbocycles. The molecule has 0 spiro atoms. The normalized spacial score (nSPS) is 12.8. The summed E-state index contributed by atoms with van der Waals surface area (Å²) in [5.41, 5.74) is 6.20. The van der Waals surface area contributed by atoms with E-state index in [1.807, 2.05) is 19.0 Å². The molecule has 0 saturated carbocycles. The molecule has 5 nitrogen and oxygen atoms in total. The topological polar surface area (TPSA) is 46.5 Å². The zero-order chi connectivity index (χ0) is 23.8. The molecule has 0 bridgehead atoms. The lowest BCUT2D eigenvalue weighted by Gasteiger charge is -2.36. The molecule has 4 rings (SSSR count). The van der Waals surface area contributed by atoms with Gasteiger partial charge in [-0.3, -0.25) is 4.79 Å². The third-order valence-corrected chi connectivity index (χ3v) is 7.92. The van der Waals surface area contributed by atoms with Crippen LogP contribution in [0.4, 0.5) is 5.69 Å². The van der Waals surface area contributed by atoms with E-state index in [-0.39, 0.29) is 11.4 Å². The summed E-state index contributed by atoms with van der Waals surface area (Å²) in [5.74, 6) is 0.939. The Labute approximate surface area is 201 Å². The van der Waals surface area contributed by atoms with E-state index in [1.165, 1.54) is 16.0 Å². The van der Waals surface area contributed by atoms with E-state index in [0.717, 1.165) is 60.6 Å². The van der Waals surface area contributed by atoms with Crippen LogP contribution in [0.5, 0.6) is 5.75 Å². The molecular weight excluding hydrogens is 430 g/mol. The number of anilines is 1. The van der Waals surface area contributed by atoms with Crippen LogP contribution in [-0.2, 0) is 13.0 Å². The van der Waals surface area contributed by atoms with E-state index < -0.39 is 0 Å². The maximum absolute atomic E-state index is 13.8. The minimum Gasteiger partial charge on any atom is -0.495 e. The summed E-state index contributed by atoms with van der Waals surface area (Å²) in [5, 5.41) is 5.36. The highest BCUT2D eigenvalue weighted by Crippen LogP contribution is 2.44. The van der Waals surface area contributed by atoms with Gasteiger partial charge in [0.15, 0.2) is 0 Å². The number of carbonyl (C=O) groups excluding carboxylic acids is 1. The monoisotopic (exact) mass is 465 g/mol. The van der Waals surface area contributed by atoms with Crippen LogP contribution in [0, 0.1) is 0 Å². The van der Waals surface area contributed by atoms with Crippen molar-refractivity contribution in [1.82, 2.24) is 9.47 Å². The van der Waals surface area contributed by atoms with Crippen molar-refractivity contribution in [3.8, 4) is 27.4 Å². The summed E-state index contributed by atoms with van der Waals surface area (Å²) < 4.78 is 7.84. The van der Waals surface area contributed by atoms with Crippen molar-refractivity contribution in [2.75, 3.05) is 26.5 Å². The summed E-state index contributed by atoms with van der Waals surface area (Å²) in [4.78, 5) is 16.9. The number of hydrogen-bond donors (Lipinski definition) is 1. The molecule has 1 aliphatic rings. The summed E-state index contributed by atoms with van der Waals surface area (Å²) in [6, 6.07) is 10.6. The van der Waals surface area contributed by atoms with Gasteiger partial charge in [-0.2, -0.15) is 0 Å². The molecule has 3 aromatic rings. The Morgan fingerprint density at radius 3 is 2.70 bits per heavy atom. The Morgan fingerprint density at radius 2 is 2.06 bits per heavy atom. The van der Waals surface area contributed by atoms with Gasteiger partial charge < -0.3 is 19.5 Å². The Morgan fingerprint density at radius 1 is 1.27 bits per heavy atom. The first kappa shape index (κ1) is 23.4. The predicted octanol–water partition coefficient (Wildman–Crippen LogP) is 6.53. The summed E-state index contributed by atoms with van der Waals surface area (Å²) in [6.45, 7) is 7.31. The molecular formula is C27H35N3O2S. The van der Waals surface area contributed by atoms with Crippen molar-refractivity contribution >= 4 is 22.9 Å². The van der Waals surface area contributed by atoms with Crippen LogP contribution in [0.25, 0.3) is 21.7 Å². The van der Waals surface area contributed by atoms with Crippen molar-refractivity contribution in [2.24, 2.45) is 0 Å². The third-order valence-electron chi connectivity index (χ3n) is 7.01. The highest BCUT2D eigenvalue weighted by atomic mass is 32.1. The van der Waals surface area contributed by atoms with Crippen LogP contribution in [0.1, 0.15) is 56.1 Å². The quantitative estimate of drug-likeness (QED) is 0.411. The number of rotatable bonds is 8. The lowest BCUT2D eigenvalue weighted by molar-refractivity contribution is 0.0596. The molecule has 1 amide bonds. The molecule has 0 unspecified atom stereocenters. The van der Waals surface area contributed by atoms with E-state index in [2.05, 4.69) is 66.4 Å². The van der Waals surface area contributed by atoms with E-state index in [9.17, 15) is 4.79 Å². The van der Waals surface area contributed by atoms with Gasteiger partial charge in [0, 0.05) is 42.2 Å². The van der Waals surface area contributed by atoms with Gasteiger partial charge >= 0.3 is 0 Å². The Hall–Kier alpha value is -2.73. The highest BCUT2D eigenvalue weighted by Gasteiger charge is 2.33. The summed E-state index contributed by atoms with van der Waals surface area (Å²) in [7, 11) is 5.57. The number of nitrogens with one attached hydrogen (secondary N) is 1. The van der Waals surface area contributed by atoms with Gasteiger partial charge in [-0.1, -0.05) is 25.8 Å². The standard InChI is InChI=1S/C27H35N3O2S/c1-7-8-12-27(2,3)29(5)26(31)22-17-20(24-10-9-14-33-24)25-19-16-21(28-4)23(32-6)15-18(19)11-13-30(22)25/h9-10,14-17,28H,7-8,11-13H2,1-6H3. The number of ether oxygens (including phenoxy) is 1. The number of methoxy groups -OCH3 is 1. The first-order valence-electron chi connectivity index (χ1n) is 11.8. The van der Waals surface area contributed by atoms with Gasteiger partial charge in [-0.25, -0.2) is 0 Å². The molecule has 2 aromatic heterocycles. The molecule has 176 valence electrons. The summed E-state index contributed by atoms with van der Waals surface area (Å²) >= 11 is 1.71. The zero-order valence-corrected chi connectivity index (χ0v) is 21.4. The van der Waals surface area contributed by atoms with E-state index >= 15 is 0 Å². The van der Waals surface area contributed by atoms with E-state index in [0.29, 0.717) is 0 Å². The molecule has 0 saturated heterocycles. The Kier molecular flexibility index (Phi) is 6.57. The van der Waals surface area contributed by atoms with Crippen LogP contribution in [-0.4, -0.2) is 42.1 Å². The number of hydrogen-bond acceptors (Lipinski definition) is 4. The number of nitrogens with zero attached hydrogens (tertiary/aromatic N) is 2. The number of aryl methyl sites for hydroxylation is 1. The lowest BCUT2D eigenvalue weighted by atomic mass is 9.94. The molecule has 1 aliphatic heterocycles. The zero-order valence-electron chi connectivity index (χ0n) is 20.6. The average molecular weight is 466 g/mol. The molecule has 6 heteroatoms. The van der Waals surface area contributed by atoms with Crippen LogP contribution >= 0.6 is 11.3 Å². The predicted molar refractivity (Wildman–Crippen MR) is 139 cm³/mol. The van der Waals surface area contributed by atoms with Crippen molar-refractivity contribution in [1.29, 1.82) is 0 Å². The fourth-order valence-corrected chi connectivity index (χ4v) is 5.48. The van der Waals surface area contributed by atoms with Crippen LogP contribution in [0.15, 0.2) is 35.7 Å². The smallest absolute Gasteiger partial charge is 0.270 e. The second kappa shape index (κ2) is 9.26. The van der Waals surface area contributed by atoms with Gasteiger partial charge in [0.2, 0.25) is 0 Å². The van der Waals surface area contributed by atoms with Crippen molar-refractivity contribution < 1.29 is 9.53 Å². The van der Waals surface area contributed by atoms with Crippen molar-refractivity contribution in [2.45, 2.75) is 58.5 Å². The maximum atomic E-state index is 13.8. The number of unbranched alkanes of at least 4 members (excludes halogenated alkanes) is 1. The number of fused-ring (bicyclic) bond motifs is 3. The van der Waals surface area contributed by atoms with Gasteiger partial charge in [-0.15, -0.1) is 11.3 Å². The fourth-order valence-electron chi connectivity index (χ4n) is 4.74. The number of thiophene rings is 1. The molecule has 0 radical (unpaired) electrons. The van der Waals surface area contributed by atoms with Crippen molar-refractivity contribution in [3.05, 3.63) is 47.0 Å². The average Bonchev–Trinajstić information content (AvgIpc) is 3.48. The first-order chi connectivity index (χ1) is 15.8. The van der Waals surface area contributed by atoms with Crippen LogP contribution in [0.3, 0.4) is 0 Å².